The average molecular weight is 483 g/mol. The fourth-order valence-corrected chi connectivity index (χ4v) is 5.87. The zero-order valence-corrected chi connectivity index (χ0v) is 20.6. The van der Waals surface area contributed by atoms with E-state index < -0.39 is 22.1 Å². The van der Waals surface area contributed by atoms with Crippen LogP contribution < -0.4 is 4.74 Å². The van der Waals surface area contributed by atoms with Crippen LogP contribution in [0.4, 0.5) is 0 Å². The molecule has 33 heavy (non-hydrogen) atoms. The number of ether oxygens (including phenoxy) is 3. The Labute approximate surface area is 196 Å². The van der Waals surface area contributed by atoms with Gasteiger partial charge < -0.3 is 19.1 Å². The van der Waals surface area contributed by atoms with E-state index in [2.05, 4.69) is 0 Å². The van der Waals surface area contributed by atoms with Gasteiger partial charge in [-0.15, -0.1) is 0 Å². The molecule has 1 aromatic rings. The lowest BCUT2D eigenvalue weighted by molar-refractivity contribution is -0.151. The monoisotopic (exact) mass is 482 g/mol. The molecule has 184 valence electrons. The van der Waals surface area contributed by atoms with Crippen molar-refractivity contribution in [1.82, 2.24) is 9.21 Å². The zero-order chi connectivity index (χ0) is 24.2. The molecular weight excluding hydrogens is 448 g/mol. The van der Waals surface area contributed by atoms with E-state index in [0.717, 1.165) is 25.7 Å². The largest absolute Gasteiger partial charge is 0.496 e. The second-order valence-electron chi connectivity index (χ2n) is 8.73. The Bertz CT molecular complexity index is 948. The number of nitrogens with zero attached hydrogens (tertiary/aromatic N) is 2. The van der Waals surface area contributed by atoms with Crippen LogP contribution in [0.3, 0.4) is 0 Å². The maximum absolute atomic E-state index is 13.2. The second kappa shape index (κ2) is 10.8. The summed E-state index contributed by atoms with van der Waals surface area (Å²) in [6.07, 6.45) is 2.36. The van der Waals surface area contributed by atoms with Crippen LogP contribution >= 0.6 is 0 Å². The van der Waals surface area contributed by atoms with Crippen molar-refractivity contribution < 1.29 is 32.2 Å². The van der Waals surface area contributed by atoms with E-state index in [4.69, 9.17) is 14.2 Å². The van der Waals surface area contributed by atoms with Gasteiger partial charge in [-0.2, -0.15) is 4.31 Å². The minimum atomic E-state index is -3.76. The molecule has 2 aliphatic rings. The number of hydrogen-bond acceptors (Lipinski definition) is 7. The van der Waals surface area contributed by atoms with E-state index in [1.165, 1.54) is 36.5 Å². The van der Waals surface area contributed by atoms with E-state index in [1.807, 2.05) is 13.8 Å². The van der Waals surface area contributed by atoms with Gasteiger partial charge in [0.2, 0.25) is 10.0 Å². The highest BCUT2D eigenvalue weighted by molar-refractivity contribution is 7.89. The molecule has 2 aliphatic heterocycles. The first kappa shape index (κ1) is 25.5. The van der Waals surface area contributed by atoms with Crippen LogP contribution in [0.25, 0.3) is 0 Å². The minimum Gasteiger partial charge on any atom is -0.496 e. The Hall–Kier alpha value is -2.17. The quantitative estimate of drug-likeness (QED) is 0.574. The third kappa shape index (κ3) is 6.04. The standard InChI is InChI=1S/C23H34N2O7S/c1-16-14-24(15-17(2)31-16)22(26)18(3)32-23(27)20-13-19(9-10-21(20)30-4)33(28,29)25-11-7-5-6-8-12-25/h9-10,13,16-18H,5-8,11-12,14-15H2,1-4H3. The molecule has 3 unspecified atom stereocenters. The molecule has 0 N–H and O–H groups in total. The third-order valence-electron chi connectivity index (χ3n) is 5.96. The van der Waals surface area contributed by atoms with Crippen LogP contribution in [0.2, 0.25) is 0 Å². The number of hydrogen-bond donors (Lipinski definition) is 0. The molecule has 0 radical (unpaired) electrons. The lowest BCUT2D eigenvalue weighted by atomic mass is 10.2. The van der Waals surface area contributed by atoms with Crippen LogP contribution in [0.5, 0.6) is 5.75 Å². The molecule has 0 saturated carbocycles. The van der Waals surface area contributed by atoms with Gasteiger partial charge in [0.25, 0.3) is 5.91 Å². The normalized spacial score (nSPS) is 23.5. The number of benzene rings is 1. The molecule has 1 aromatic carbocycles. The van der Waals surface area contributed by atoms with Crippen molar-refractivity contribution in [2.24, 2.45) is 0 Å². The summed E-state index contributed by atoms with van der Waals surface area (Å²) in [4.78, 5) is 27.4. The molecular formula is C23H34N2O7S. The molecule has 3 atom stereocenters. The van der Waals surface area contributed by atoms with Gasteiger partial charge in [0, 0.05) is 26.2 Å². The van der Waals surface area contributed by atoms with Gasteiger partial charge in [-0.05, 0) is 51.8 Å². The predicted molar refractivity (Wildman–Crippen MR) is 122 cm³/mol. The summed E-state index contributed by atoms with van der Waals surface area (Å²) in [6, 6.07) is 4.15. The van der Waals surface area contributed by atoms with Gasteiger partial charge in [-0.1, -0.05) is 12.8 Å². The van der Waals surface area contributed by atoms with Crippen LogP contribution in [-0.4, -0.2) is 81.1 Å². The van der Waals surface area contributed by atoms with E-state index in [-0.39, 0.29) is 34.3 Å². The van der Waals surface area contributed by atoms with E-state index in [0.29, 0.717) is 26.2 Å². The molecule has 10 heteroatoms. The summed E-state index contributed by atoms with van der Waals surface area (Å²) in [5.74, 6) is -0.948. The fourth-order valence-electron chi connectivity index (χ4n) is 4.33. The number of carbonyl (C=O) groups is 2. The van der Waals surface area contributed by atoms with Gasteiger partial charge in [0.1, 0.15) is 11.3 Å². The third-order valence-corrected chi connectivity index (χ3v) is 7.85. The molecule has 1 amide bonds. The van der Waals surface area contributed by atoms with Crippen molar-refractivity contribution in [2.45, 2.75) is 69.7 Å². The second-order valence-corrected chi connectivity index (χ2v) is 10.7. The molecule has 0 aliphatic carbocycles. The van der Waals surface area contributed by atoms with Crippen LogP contribution in [-0.2, 0) is 24.3 Å². The summed E-state index contributed by atoms with van der Waals surface area (Å²) in [6.45, 7) is 7.01. The van der Waals surface area contributed by atoms with Crippen LogP contribution in [0.1, 0.15) is 56.8 Å². The van der Waals surface area contributed by atoms with Crippen molar-refractivity contribution >= 4 is 21.9 Å². The van der Waals surface area contributed by atoms with Gasteiger partial charge in [0.15, 0.2) is 6.10 Å². The maximum atomic E-state index is 13.2. The van der Waals surface area contributed by atoms with Crippen LogP contribution in [0, 0.1) is 0 Å². The summed E-state index contributed by atoms with van der Waals surface area (Å²) >= 11 is 0. The first-order valence-electron chi connectivity index (χ1n) is 11.5. The topological polar surface area (TPSA) is 102 Å². The Morgan fingerprint density at radius 3 is 2.24 bits per heavy atom. The maximum Gasteiger partial charge on any atom is 0.342 e. The van der Waals surface area contributed by atoms with E-state index in [1.54, 1.807) is 4.90 Å². The van der Waals surface area contributed by atoms with Crippen molar-refractivity contribution in [2.75, 3.05) is 33.3 Å². The summed E-state index contributed by atoms with van der Waals surface area (Å²) in [7, 11) is -2.37. The zero-order valence-electron chi connectivity index (χ0n) is 19.8. The highest BCUT2D eigenvalue weighted by atomic mass is 32.2. The summed E-state index contributed by atoms with van der Waals surface area (Å²) in [5, 5.41) is 0. The first-order valence-corrected chi connectivity index (χ1v) is 12.9. The Morgan fingerprint density at radius 1 is 1.06 bits per heavy atom. The van der Waals surface area contributed by atoms with Crippen molar-refractivity contribution in [1.29, 1.82) is 0 Å². The fraction of sp³-hybridized carbons (Fsp3) is 0.652. The smallest absolute Gasteiger partial charge is 0.342 e. The van der Waals surface area contributed by atoms with E-state index in [9.17, 15) is 18.0 Å². The average Bonchev–Trinajstić information content (AvgIpc) is 3.07. The molecule has 0 bridgehead atoms. The SMILES string of the molecule is COc1ccc(S(=O)(=O)N2CCCCCC2)cc1C(=O)OC(C)C(=O)N1CC(C)OC(C)C1. The molecule has 2 saturated heterocycles. The van der Waals surface area contributed by atoms with Crippen molar-refractivity contribution in [3.63, 3.8) is 0 Å². The number of rotatable bonds is 6. The molecule has 0 aromatic heterocycles. The Kier molecular flexibility index (Phi) is 8.36. The highest BCUT2D eigenvalue weighted by Gasteiger charge is 2.32. The predicted octanol–water partition coefficient (Wildman–Crippen LogP) is 2.44. The van der Waals surface area contributed by atoms with Crippen molar-refractivity contribution in [3.05, 3.63) is 23.8 Å². The minimum absolute atomic E-state index is 0.00644. The number of esters is 1. The highest BCUT2D eigenvalue weighted by Crippen LogP contribution is 2.27. The van der Waals surface area contributed by atoms with E-state index >= 15 is 0 Å². The first-order chi connectivity index (χ1) is 15.6. The van der Waals surface area contributed by atoms with Gasteiger partial charge in [0.05, 0.1) is 24.2 Å². The van der Waals surface area contributed by atoms with Crippen molar-refractivity contribution in [3.8, 4) is 5.75 Å². The summed E-state index contributed by atoms with van der Waals surface area (Å²) in [5.41, 5.74) is -0.0308. The molecule has 0 spiro atoms. The number of amides is 1. The van der Waals surface area contributed by atoms with Gasteiger partial charge in [-0.3, -0.25) is 4.79 Å². The van der Waals surface area contributed by atoms with Gasteiger partial charge in [-0.25, -0.2) is 13.2 Å². The lowest BCUT2D eigenvalue weighted by Gasteiger charge is -2.36. The molecule has 2 fully saturated rings. The number of carbonyl (C=O) groups excluding carboxylic acids is 2. The molecule has 9 nitrogen and oxygen atoms in total. The molecule has 2 heterocycles. The Balaban J connectivity index is 1.78. The number of morpholine rings is 1. The molecule has 3 rings (SSSR count). The van der Waals surface area contributed by atoms with Crippen LogP contribution in [0.15, 0.2) is 23.1 Å². The Morgan fingerprint density at radius 2 is 1.67 bits per heavy atom. The summed E-state index contributed by atoms with van der Waals surface area (Å²) < 4.78 is 44.2. The number of methoxy groups -OCH3 is 1. The van der Waals surface area contributed by atoms with Gasteiger partial charge >= 0.3 is 5.97 Å². The number of sulfonamides is 1. The lowest BCUT2D eigenvalue weighted by Crippen LogP contribution is -2.51.